The SMILES string of the molecule is O=C(CN1CCCc2cc(F)cc(F)c21)NCC1COc2ccccc2O1. The van der Waals surface area contributed by atoms with Crippen LogP contribution in [-0.2, 0) is 11.2 Å². The molecule has 1 amide bonds. The van der Waals surface area contributed by atoms with Crippen LogP contribution in [0.15, 0.2) is 36.4 Å². The third kappa shape index (κ3) is 3.82. The summed E-state index contributed by atoms with van der Waals surface area (Å²) in [5.41, 5.74) is 0.927. The van der Waals surface area contributed by atoms with Crippen molar-refractivity contribution in [2.24, 2.45) is 0 Å². The average molecular weight is 374 g/mol. The standard InChI is InChI=1S/C20H20F2N2O3/c21-14-8-13-4-3-7-24(20(13)16(22)9-14)11-19(25)23-10-15-12-26-17-5-1-2-6-18(17)27-15/h1-2,5-6,8-9,15H,3-4,7,10-12H2,(H,23,25). The Hall–Kier alpha value is -2.83. The fourth-order valence-corrected chi connectivity index (χ4v) is 3.51. The van der Waals surface area contributed by atoms with Crippen LogP contribution in [0.5, 0.6) is 11.5 Å². The van der Waals surface area contributed by atoms with E-state index in [1.54, 1.807) is 4.90 Å². The number of anilines is 1. The number of nitrogens with one attached hydrogen (secondary N) is 1. The number of ether oxygens (including phenoxy) is 2. The number of nitrogens with zero attached hydrogens (tertiary/aromatic N) is 1. The lowest BCUT2D eigenvalue weighted by Crippen LogP contribution is -2.45. The quantitative estimate of drug-likeness (QED) is 0.894. The number of benzene rings is 2. The van der Waals surface area contributed by atoms with Gasteiger partial charge in [0.05, 0.1) is 18.8 Å². The summed E-state index contributed by atoms with van der Waals surface area (Å²) in [6.07, 6.45) is 1.07. The van der Waals surface area contributed by atoms with Crippen molar-refractivity contribution in [3.05, 3.63) is 53.6 Å². The molecule has 1 N–H and O–H groups in total. The van der Waals surface area contributed by atoms with Gasteiger partial charge in [-0.25, -0.2) is 8.78 Å². The first-order valence-corrected chi connectivity index (χ1v) is 8.98. The van der Waals surface area contributed by atoms with Crippen LogP contribution in [0.1, 0.15) is 12.0 Å². The number of hydrogen-bond donors (Lipinski definition) is 1. The summed E-state index contributed by atoms with van der Waals surface area (Å²) in [6.45, 7) is 1.20. The van der Waals surface area contributed by atoms with Crippen molar-refractivity contribution in [2.45, 2.75) is 18.9 Å². The van der Waals surface area contributed by atoms with Gasteiger partial charge in [0.1, 0.15) is 24.3 Å². The number of para-hydroxylation sites is 2. The summed E-state index contributed by atoms with van der Waals surface area (Å²) < 4.78 is 39.0. The topological polar surface area (TPSA) is 50.8 Å². The molecule has 0 aromatic heterocycles. The van der Waals surface area contributed by atoms with Crippen LogP contribution in [0.3, 0.4) is 0 Å². The summed E-state index contributed by atoms with van der Waals surface area (Å²) >= 11 is 0. The van der Waals surface area contributed by atoms with Crippen molar-refractivity contribution in [3.63, 3.8) is 0 Å². The van der Waals surface area contributed by atoms with E-state index in [-0.39, 0.29) is 18.6 Å². The first kappa shape index (κ1) is 17.6. The Morgan fingerprint density at radius 1 is 1.22 bits per heavy atom. The number of amides is 1. The van der Waals surface area contributed by atoms with Crippen LogP contribution in [-0.4, -0.2) is 38.3 Å². The maximum absolute atomic E-state index is 14.2. The second-order valence-electron chi connectivity index (χ2n) is 6.72. The Bertz CT molecular complexity index is 859. The molecule has 142 valence electrons. The molecular formula is C20H20F2N2O3. The maximum Gasteiger partial charge on any atom is 0.239 e. The van der Waals surface area contributed by atoms with E-state index in [4.69, 9.17) is 9.47 Å². The highest BCUT2D eigenvalue weighted by Crippen LogP contribution is 2.31. The lowest BCUT2D eigenvalue weighted by atomic mass is 10.0. The molecule has 0 radical (unpaired) electrons. The van der Waals surface area contributed by atoms with Crippen molar-refractivity contribution < 1.29 is 23.0 Å². The van der Waals surface area contributed by atoms with Crippen molar-refractivity contribution in [1.82, 2.24) is 5.32 Å². The zero-order valence-electron chi connectivity index (χ0n) is 14.7. The largest absolute Gasteiger partial charge is 0.486 e. The molecule has 1 atom stereocenters. The van der Waals surface area contributed by atoms with E-state index in [9.17, 15) is 13.6 Å². The van der Waals surface area contributed by atoms with Gasteiger partial charge in [-0.1, -0.05) is 12.1 Å². The van der Waals surface area contributed by atoms with Gasteiger partial charge in [0, 0.05) is 12.6 Å². The van der Waals surface area contributed by atoms with Crippen LogP contribution in [0.4, 0.5) is 14.5 Å². The predicted molar refractivity (Wildman–Crippen MR) is 96.3 cm³/mol. The van der Waals surface area contributed by atoms with E-state index < -0.39 is 11.6 Å². The molecule has 0 fully saturated rings. The normalized spacial score (nSPS) is 18.0. The fraction of sp³-hybridized carbons (Fsp3) is 0.350. The van der Waals surface area contributed by atoms with Crippen LogP contribution in [0.2, 0.25) is 0 Å². The molecule has 4 rings (SSSR count). The Kier molecular flexibility index (Phi) is 4.83. The highest BCUT2D eigenvalue weighted by molar-refractivity contribution is 5.82. The molecule has 0 saturated carbocycles. The number of aryl methyl sites for hydroxylation is 1. The van der Waals surface area contributed by atoms with Gasteiger partial charge >= 0.3 is 0 Å². The van der Waals surface area contributed by atoms with Crippen LogP contribution in [0, 0.1) is 11.6 Å². The van der Waals surface area contributed by atoms with Crippen molar-refractivity contribution in [1.29, 1.82) is 0 Å². The number of halogens is 2. The smallest absolute Gasteiger partial charge is 0.239 e. The molecule has 0 bridgehead atoms. The first-order chi connectivity index (χ1) is 13.1. The van der Waals surface area contributed by atoms with E-state index in [0.717, 1.165) is 12.5 Å². The van der Waals surface area contributed by atoms with Gasteiger partial charge in [0.2, 0.25) is 5.91 Å². The van der Waals surface area contributed by atoms with Gasteiger partial charge < -0.3 is 19.7 Å². The predicted octanol–water partition coefficient (Wildman–Crippen LogP) is 2.67. The maximum atomic E-state index is 14.2. The highest BCUT2D eigenvalue weighted by Gasteiger charge is 2.25. The molecule has 7 heteroatoms. The molecule has 0 spiro atoms. The molecule has 27 heavy (non-hydrogen) atoms. The minimum Gasteiger partial charge on any atom is -0.486 e. The minimum atomic E-state index is -0.627. The van der Waals surface area contributed by atoms with Gasteiger partial charge in [0.15, 0.2) is 11.5 Å². The second-order valence-corrected chi connectivity index (χ2v) is 6.72. The molecule has 0 aliphatic carbocycles. The lowest BCUT2D eigenvalue weighted by Gasteiger charge is -2.31. The molecule has 2 heterocycles. The van der Waals surface area contributed by atoms with Crippen molar-refractivity contribution >= 4 is 11.6 Å². The van der Waals surface area contributed by atoms with Crippen LogP contribution < -0.4 is 19.7 Å². The summed E-state index contributed by atoms with van der Waals surface area (Å²) in [7, 11) is 0. The first-order valence-electron chi connectivity index (χ1n) is 8.98. The van der Waals surface area contributed by atoms with E-state index in [0.29, 0.717) is 48.9 Å². The zero-order chi connectivity index (χ0) is 18.8. The summed E-state index contributed by atoms with van der Waals surface area (Å²) in [4.78, 5) is 14.0. The van der Waals surface area contributed by atoms with Gasteiger partial charge in [-0.05, 0) is 36.6 Å². The third-order valence-corrected chi connectivity index (χ3v) is 4.73. The summed E-state index contributed by atoms with van der Waals surface area (Å²) in [5.74, 6) is -0.121. The summed E-state index contributed by atoms with van der Waals surface area (Å²) in [5, 5.41) is 2.81. The van der Waals surface area contributed by atoms with Crippen LogP contribution >= 0.6 is 0 Å². The molecule has 1 unspecified atom stereocenters. The van der Waals surface area contributed by atoms with Crippen LogP contribution in [0.25, 0.3) is 0 Å². The zero-order valence-corrected chi connectivity index (χ0v) is 14.7. The summed E-state index contributed by atoms with van der Waals surface area (Å²) in [6, 6.07) is 9.57. The van der Waals surface area contributed by atoms with Gasteiger partial charge in [-0.15, -0.1) is 0 Å². The van der Waals surface area contributed by atoms with E-state index >= 15 is 0 Å². The Labute approximate surface area is 155 Å². The Morgan fingerprint density at radius 3 is 2.89 bits per heavy atom. The molecule has 2 aromatic rings. The lowest BCUT2D eigenvalue weighted by molar-refractivity contribution is -0.120. The highest BCUT2D eigenvalue weighted by atomic mass is 19.1. The molecule has 2 aliphatic rings. The van der Waals surface area contributed by atoms with Gasteiger partial charge in [0.25, 0.3) is 0 Å². The van der Waals surface area contributed by atoms with Gasteiger partial charge in [-0.2, -0.15) is 0 Å². The minimum absolute atomic E-state index is 0.0136. The molecule has 2 aliphatic heterocycles. The number of carbonyl (C=O) groups is 1. The van der Waals surface area contributed by atoms with E-state index in [2.05, 4.69) is 5.32 Å². The molecular weight excluding hydrogens is 354 g/mol. The van der Waals surface area contributed by atoms with Crippen molar-refractivity contribution in [2.75, 3.05) is 31.1 Å². The number of carbonyl (C=O) groups excluding carboxylic acids is 1. The van der Waals surface area contributed by atoms with Crippen molar-refractivity contribution in [3.8, 4) is 11.5 Å². The molecule has 0 saturated heterocycles. The van der Waals surface area contributed by atoms with E-state index in [1.807, 2.05) is 24.3 Å². The second kappa shape index (κ2) is 7.42. The molecule has 5 nitrogen and oxygen atoms in total. The number of rotatable bonds is 4. The molecule has 2 aromatic carbocycles. The number of fused-ring (bicyclic) bond motifs is 2. The monoisotopic (exact) mass is 374 g/mol. The fourth-order valence-electron chi connectivity index (χ4n) is 3.51. The van der Waals surface area contributed by atoms with Gasteiger partial charge in [-0.3, -0.25) is 4.79 Å². The Morgan fingerprint density at radius 2 is 2.04 bits per heavy atom. The van der Waals surface area contributed by atoms with E-state index in [1.165, 1.54) is 6.07 Å². The average Bonchev–Trinajstić information content (AvgIpc) is 2.66. The Balaban J connectivity index is 1.35. The number of hydrogen-bond acceptors (Lipinski definition) is 4. The third-order valence-electron chi connectivity index (χ3n) is 4.73.